The first-order valence-electron chi connectivity index (χ1n) is 7.55. The average Bonchev–Trinajstić information content (AvgIpc) is 2.89. The van der Waals surface area contributed by atoms with Crippen molar-refractivity contribution >= 4 is 21.8 Å². The van der Waals surface area contributed by atoms with Gasteiger partial charge in [-0.3, -0.25) is 4.98 Å². The highest BCUT2D eigenvalue weighted by molar-refractivity contribution is 8.01. The molecule has 1 aromatic heterocycles. The van der Waals surface area contributed by atoms with Gasteiger partial charge in [0.2, 0.25) is 10.0 Å². The number of pyridine rings is 1. The number of sulfonamides is 1. The summed E-state index contributed by atoms with van der Waals surface area (Å²) >= 11 is 1.86. The molecular weight excluding hydrogens is 320 g/mol. The number of ether oxygens (including phenoxy) is 1. The molecule has 2 fully saturated rings. The molecular formula is C15H22N2O3S2. The summed E-state index contributed by atoms with van der Waals surface area (Å²) < 4.78 is 31.9. The van der Waals surface area contributed by atoms with Gasteiger partial charge in [0, 0.05) is 36.0 Å². The van der Waals surface area contributed by atoms with Crippen molar-refractivity contribution in [2.75, 3.05) is 18.8 Å². The largest absolute Gasteiger partial charge is 0.373 e. The van der Waals surface area contributed by atoms with Crippen LogP contribution in [0.2, 0.25) is 0 Å². The lowest BCUT2D eigenvalue weighted by Crippen LogP contribution is -2.61. The number of rotatable bonds is 5. The molecule has 0 aliphatic carbocycles. The van der Waals surface area contributed by atoms with Crippen molar-refractivity contribution in [1.82, 2.24) is 9.29 Å². The fourth-order valence-corrected chi connectivity index (χ4v) is 6.06. The molecule has 7 heteroatoms. The van der Waals surface area contributed by atoms with E-state index in [0.29, 0.717) is 19.7 Å². The van der Waals surface area contributed by atoms with Crippen molar-refractivity contribution in [3.05, 3.63) is 30.1 Å². The summed E-state index contributed by atoms with van der Waals surface area (Å²) in [5.74, 6) is 0.945. The van der Waals surface area contributed by atoms with Crippen LogP contribution >= 0.6 is 11.8 Å². The normalized spacial score (nSPS) is 24.8. The maximum absolute atomic E-state index is 12.1. The van der Waals surface area contributed by atoms with Gasteiger partial charge in [-0.2, -0.15) is 4.31 Å². The molecule has 0 bridgehead atoms. The molecule has 2 saturated heterocycles. The van der Waals surface area contributed by atoms with Crippen molar-refractivity contribution in [2.45, 2.75) is 43.0 Å². The number of nitrogens with zero attached hydrogens (tertiary/aromatic N) is 2. The van der Waals surface area contributed by atoms with Gasteiger partial charge >= 0.3 is 0 Å². The summed E-state index contributed by atoms with van der Waals surface area (Å²) in [7, 11) is -3.10. The van der Waals surface area contributed by atoms with E-state index >= 15 is 0 Å². The molecule has 0 aromatic carbocycles. The van der Waals surface area contributed by atoms with E-state index in [2.05, 4.69) is 4.98 Å². The molecule has 3 heterocycles. The van der Waals surface area contributed by atoms with Crippen LogP contribution in [0.4, 0.5) is 0 Å². The SMILES string of the molecule is CC(C)S(=O)(=O)N1CC2(CC(OCc3ccncc3)CS2)C1. The lowest BCUT2D eigenvalue weighted by atomic mass is 9.95. The highest BCUT2D eigenvalue weighted by Gasteiger charge is 2.53. The Labute approximate surface area is 136 Å². The van der Waals surface area contributed by atoms with Crippen molar-refractivity contribution in [3.63, 3.8) is 0 Å². The zero-order valence-electron chi connectivity index (χ0n) is 12.9. The zero-order valence-corrected chi connectivity index (χ0v) is 14.6. The quantitative estimate of drug-likeness (QED) is 0.818. The molecule has 0 radical (unpaired) electrons. The van der Waals surface area contributed by atoms with E-state index in [-0.39, 0.29) is 16.1 Å². The van der Waals surface area contributed by atoms with E-state index in [1.165, 1.54) is 0 Å². The fourth-order valence-electron chi connectivity index (χ4n) is 2.90. The Bertz CT molecular complexity index is 613. The number of thioether (sulfide) groups is 1. The van der Waals surface area contributed by atoms with Crippen LogP contribution in [0.25, 0.3) is 0 Å². The summed E-state index contributed by atoms with van der Waals surface area (Å²) in [4.78, 5) is 3.99. The van der Waals surface area contributed by atoms with Gasteiger partial charge in [-0.15, -0.1) is 11.8 Å². The molecule has 1 aromatic rings. The molecule has 1 spiro atoms. The van der Waals surface area contributed by atoms with Crippen LogP contribution in [0, 0.1) is 0 Å². The molecule has 2 aliphatic heterocycles. The Morgan fingerprint density at radius 1 is 1.41 bits per heavy atom. The minimum atomic E-state index is -3.10. The van der Waals surface area contributed by atoms with Crippen LogP contribution < -0.4 is 0 Å². The van der Waals surface area contributed by atoms with Crippen LogP contribution in [-0.2, 0) is 21.4 Å². The van der Waals surface area contributed by atoms with Crippen LogP contribution in [0.1, 0.15) is 25.8 Å². The monoisotopic (exact) mass is 342 g/mol. The maximum Gasteiger partial charge on any atom is 0.216 e. The number of hydrogen-bond acceptors (Lipinski definition) is 5. The Morgan fingerprint density at radius 2 is 2.09 bits per heavy atom. The van der Waals surface area contributed by atoms with E-state index < -0.39 is 10.0 Å². The van der Waals surface area contributed by atoms with E-state index in [4.69, 9.17) is 4.74 Å². The fraction of sp³-hybridized carbons (Fsp3) is 0.667. The van der Waals surface area contributed by atoms with E-state index in [9.17, 15) is 8.42 Å². The minimum absolute atomic E-state index is 0.0743. The average molecular weight is 342 g/mol. The Kier molecular flexibility index (Phi) is 4.51. The summed E-state index contributed by atoms with van der Waals surface area (Å²) in [6, 6.07) is 3.91. The molecule has 2 aliphatic rings. The van der Waals surface area contributed by atoms with Crippen LogP contribution in [0.3, 0.4) is 0 Å². The molecule has 0 amide bonds. The van der Waals surface area contributed by atoms with Crippen molar-refractivity contribution in [2.24, 2.45) is 0 Å². The Hall–Kier alpha value is -0.630. The van der Waals surface area contributed by atoms with E-state index in [0.717, 1.165) is 17.7 Å². The Morgan fingerprint density at radius 3 is 2.73 bits per heavy atom. The van der Waals surface area contributed by atoms with Crippen molar-refractivity contribution in [3.8, 4) is 0 Å². The second-order valence-corrected chi connectivity index (χ2v) is 10.3. The van der Waals surface area contributed by atoms with Crippen molar-refractivity contribution in [1.29, 1.82) is 0 Å². The third-order valence-electron chi connectivity index (χ3n) is 4.29. The molecule has 122 valence electrons. The minimum Gasteiger partial charge on any atom is -0.373 e. The third kappa shape index (κ3) is 3.18. The second-order valence-electron chi connectivity index (χ2n) is 6.35. The molecule has 22 heavy (non-hydrogen) atoms. The molecule has 0 saturated carbocycles. The van der Waals surface area contributed by atoms with Crippen LogP contribution in [0.15, 0.2) is 24.5 Å². The van der Waals surface area contributed by atoms with Gasteiger partial charge in [-0.1, -0.05) is 0 Å². The van der Waals surface area contributed by atoms with Gasteiger partial charge < -0.3 is 4.74 Å². The van der Waals surface area contributed by atoms with Gasteiger partial charge in [-0.25, -0.2) is 8.42 Å². The third-order valence-corrected chi connectivity index (χ3v) is 8.04. The second kappa shape index (κ2) is 6.11. The van der Waals surface area contributed by atoms with Gasteiger partial charge in [0.1, 0.15) is 0 Å². The number of aromatic nitrogens is 1. The summed E-state index contributed by atoms with van der Waals surface area (Å²) in [5.41, 5.74) is 1.12. The topological polar surface area (TPSA) is 59.5 Å². The Balaban J connectivity index is 1.50. The van der Waals surface area contributed by atoms with Crippen LogP contribution in [-0.4, -0.2) is 52.7 Å². The molecule has 3 rings (SSSR count). The first-order chi connectivity index (χ1) is 10.4. The first-order valence-corrected chi connectivity index (χ1v) is 10.0. The number of hydrogen-bond donors (Lipinski definition) is 0. The maximum atomic E-state index is 12.1. The summed E-state index contributed by atoms with van der Waals surface area (Å²) in [5, 5.41) is -0.338. The van der Waals surface area contributed by atoms with Gasteiger partial charge in [-0.05, 0) is 38.0 Å². The predicted molar refractivity (Wildman–Crippen MR) is 88.2 cm³/mol. The van der Waals surface area contributed by atoms with E-state index in [1.807, 2.05) is 23.9 Å². The molecule has 1 unspecified atom stereocenters. The predicted octanol–water partition coefficient (Wildman–Crippen LogP) is 1.90. The molecule has 1 atom stereocenters. The highest BCUT2D eigenvalue weighted by Crippen LogP contribution is 2.47. The lowest BCUT2D eigenvalue weighted by molar-refractivity contribution is 0.0396. The van der Waals surface area contributed by atoms with Crippen molar-refractivity contribution < 1.29 is 13.2 Å². The van der Waals surface area contributed by atoms with E-state index in [1.54, 1.807) is 30.5 Å². The molecule has 5 nitrogen and oxygen atoms in total. The lowest BCUT2D eigenvalue weighted by Gasteiger charge is -2.47. The van der Waals surface area contributed by atoms with Gasteiger partial charge in [0.15, 0.2) is 0 Å². The molecule has 0 N–H and O–H groups in total. The first kappa shape index (κ1) is 16.2. The zero-order chi connectivity index (χ0) is 15.8. The standard InChI is InChI=1S/C15H22N2O3S2/c1-12(2)22(18,19)17-10-15(11-17)7-14(9-21-15)20-8-13-3-5-16-6-4-13/h3-6,12,14H,7-11H2,1-2H3. The summed E-state index contributed by atoms with van der Waals surface area (Å²) in [6.45, 7) is 5.34. The smallest absolute Gasteiger partial charge is 0.216 e. The summed E-state index contributed by atoms with van der Waals surface area (Å²) in [6.07, 6.45) is 4.68. The van der Waals surface area contributed by atoms with Gasteiger partial charge in [0.25, 0.3) is 0 Å². The highest BCUT2D eigenvalue weighted by atomic mass is 32.2. The van der Waals surface area contributed by atoms with Crippen LogP contribution in [0.5, 0.6) is 0 Å². The van der Waals surface area contributed by atoms with Gasteiger partial charge in [0.05, 0.1) is 18.0 Å².